The van der Waals surface area contributed by atoms with E-state index in [1.54, 1.807) is 0 Å². The molecule has 0 aromatic rings. The second kappa shape index (κ2) is 3.29. The Bertz CT molecular complexity index is 242. The van der Waals surface area contributed by atoms with Crippen LogP contribution in [0.3, 0.4) is 0 Å². The first kappa shape index (κ1) is 9.91. The quantitative estimate of drug-likeness (QED) is 0.608. The molecule has 0 saturated heterocycles. The van der Waals surface area contributed by atoms with Crippen LogP contribution in [0, 0.1) is 0 Å². The third-order valence-corrected chi connectivity index (χ3v) is 3.03. The van der Waals surface area contributed by atoms with Gasteiger partial charge in [-0.3, -0.25) is 4.18 Å². The monoisotopic (exact) mass is 195 g/mol. The van der Waals surface area contributed by atoms with Crippen molar-refractivity contribution < 1.29 is 17.7 Å². The molecule has 0 radical (unpaired) electrons. The summed E-state index contributed by atoms with van der Waals surface area (Å²) in [6.07, 6.45) is 2.58. The molecule has 1 fully saturated rings. The van der Waals surface area contributed by atoms with Crippen LogP contribution in [0.2, 0.25) is 0 Å². The smallest absolute Gasteiger partial charge is 0.337 e. The van der Waals surface area contributed by atoms with E-state index in [1.165, 1.54) is 0 Å². The molecule has 2 N–H and O–H groups in total. The van der Waals surface area contributed by atoms with E-state index in [9.17, 15) is 13.5 Å². The normalized spacial score (nSPS) is 22.8. The van der Waals surface area contributed by atoms with Crippen molar-refractivity contribution in [2.45, 2.75) is 31.4 Å². The van der Waals surface area contributed by atoms with Gasteiger partial charge in [0.25, 0.3) is 0 Å². The first-order chi connectivity index (χ1) is 5.47. The van der Waals surface area contributed by atoms with Crippen molar-refractivity contribution in [1.29, 1.82) is 0 Å². The molecular weight excluding hydrogens is 182 g/mol. The van der Waals surface area contributed by atoms with Gasteiger partial charge in [-0.1, -0.05) is 0 Å². The van der Waals surface area contributed by atoms with E-state index in [0.717, 1.165) is 20.0 Å². The fourth-order valence-electron chi connectivity index (χ4n) is 1.34. The maximum atomic E-state index is 10.9. The summed E-state index contributed by atoms with van der Waals surface area (Å²) < 4.78 is 28.0. The summed E-state index contributed by atoms with van der Waals surface area (Å²) in [5, 5.41) is 9.59. The van der Waals surface area contributed by atoms with Crippen LogP contribution in [0.1, 0.15) is 25.7 Å². The number of nitrogens with one attached hydrogen (secondary N) is 1. The van der Waals surface area contributed by atoms with Crippen LogP contribution in [0.4, 0.5) is 0 Å². The highest BCUT2D eigenvalue weighted by Crippen LogP contribution is 2.27. The lowest BCUT2D eigenvalue weighted by molar-refractivity contribution is 0.0333. The van der Waals surface area contributed by atoms with Crippen molar-refractivity contribution >= 4 is 10.3 Å². The van der Waals surface area contributed by atoms with Crippen LogP contribution in [-0.4, -0.2) is 26.4 Å². The molecule has 0 spiro atoms. The van der Waals surface area contributed by atoms with Crippen molar-refractivity contribution in [2.24, 2.45) is 0 Å². The zero-order valence-corrected chi connectivity index (χ0v) is 7.73. The van der Waals surface area contributed by atoms with E-state index >= 15 is 0 Å². The average molecular weight is 195 g/mol. The van der Waals surface area contributed by atoms with Gasteiger partial charge in [0.05, 0.1) is 7.11 Å². The van der Waals surface area contributed by atoms with E-state index in [2.05, 4.69) is 8.91 Å². The number of hydrogen-bond donors (Lipinski definition) is 2. The lowest BCUT2D eigenvalue weighted by Crippen LogP contribution is -2.46. The summed E-state index contributed by atoms with van der Waals surface area (Å²) in [5.74, 6) is 0. The molecule has 12 heavy (non-hydrogen) atoms. The van der Waals surface area contributed by atoms with E-state index in [0.29, 0.717) is 12.8 Å². The van der Waals surface area contributed by atoms with Crippen LogP contribution < -0.4 is 4.72 Å². The maximum absolute atomic E-state index is 10.9. The first-order valence-corrected chi connectivity index (χ1v) is 5.20. The molecule has 0 aliphatic heterocycles. The Morgan fingerprint density at radius 3 is 2.33 bits per heavy atom. The highest BCUT2D eigenvalue weighted by molar-refractivity contribution is 7.84. The van der Waals surface area contributed by atoms with Crippen molar-refractivity contribution in [3.8, 4) is 0 Å². The highest BCUT2D eigenvalue weighted by Gasteiger charge is 2.35. The molecule has 5 nitrogen and oxygen atoms in total. The van der Waals surface area contributed by atoms with Gasteiger partial charge in [-0.25, -0.2) is 0 Å². The summed E-state index contributed by atoms with van der Waals surface area (Å²) >= 11 is 0. The van der Waals surface area contributed by atoms with Gasteiger partial charge in [0.1, 0.15) is 5.72 Å². The van der Waals surface area contributed by atoms with Gasteiger partial charge < -0.3 is 5.11 Å². The predicted molar refractivity (Wildman–Crippen MR) is 42.5 cm³/mol. The van der Waals surface area contributed by atoms with Crippen LogP contribution in [-0.2, 0) is 14.5 Å². The Labute approximate surface area is 72.0 Å². The van der Waals surface area contributed by atoms with Crippen LogP contribution >= 0.6 is 0 Å². The molecule has 6 heteroatoms. The largest absolute Gasteiger partial charge is 0.375 e. The van der Waals surface area contributed by atoms with E-state index in [-0.39, 0.29) is 0 Å². The molecule has 0 aromatic heterocycles. The Balaban J connectivity index is 2.61. The predicted octanol–water partition coefficient (Wildman–Crippen LogP) is -0.270. The van der Waals surface area contributed by atoms with Crippen LogP contribution in [0.5, 0.6) is 0 Å². The minimum absolute atomic E-state index is 0.454. The number of aliphatic hydroxyl groups is 1. The second-order valence-electron chi connectivity index (χ2n) is 2.96. The summed E-state index contributed by atoms with van der Waals surface area (Å²) in [6.45, 7) is 0. The molecule has 1 rings (SSSR count). The third kappa shape index (κ3) is 2.41. The molecule has 1 aliphatic rings. The number of rotatable bonds is 3. The van der Waals surface area contributed by atoms with Gasteiger partial charge in [-0.2, -0.15) is 13.1 Å². The molecule has 72 valence electrons. The van der Waals surface area contributed by atoms with Crippen molar-refractivity contribution in [3.63, 3.8) is 0 Å². The molecule has 0 unspecified atom stereocenters. The summed E-state index contributed by atoms with van der Waals surface area (Å²) in [6, 6.07) is 0. The number of hydrogen-bond acceptors (Lipinski definition) is 4. The third-order valence-electron chi connectivity index (χ3n) is 1.97. The van der Waals surface area contributed by atoms with Gasteiger partial charge >= 0.3 is 10.3 Å². The lowest BCUT2D eigenvalue weighted by Gasteiger charge is -2.21. The van der Waals surface area contributed by atoms with Crippen molar-refractivity contribution in [3.05, 3.63) is 0 Å². The maximum Gasteiger partial charge on any atom is 0.337 e. The van der Waals surface area contributed by atoms with E-state index in [4.69, 9.17) is 0 Å². The molecule has 1 saturated carbocycles. The van der Waals surface area contributed by atoms with Gasteiger partial charge in [-0.05, 0) is 25.7 Å². The van der Waals surface area contributed by atoms with Gasteiger partial charge in [0.2, 0.25) is 0 Å². The molecule has 0 amide bonds. The van der Waals surface area contributed by atoms with Crippen molar-refractivity contribution in [2.75, 3.05) is 7.11 Å². The fourth-order valence-corrected chi connectivity index (χ4v) is 2.09. The zero-order valence-electron chi connectivity index (χ0n) is 6.91. The SMILES string of the molecule is COS(=O)(=O)NC1(O)CCCC1. The molecule has 0 atom stereocenters. The van der Waals surface area contributed by atoms with Gasteiger partial charge in [-0.15, -0.1) is 0 Å². The Hall–Kier alpha value is -0.170. The van der Waals surface area contributed by atoms with Crippen LogP contribution in [0.15, 0.2) is 0 Å². The molecule has 0 heterocycles. The van der Waals surface area contributed by atoms with Gasteiger partial charge in [0, 0.05) is 0 Å². The lowest BCUT2D eigenvalue weighted by atomic mass is 10.2. The molecule has 1 aliphatic carbocycles. The minimum Gasteiger partial charge on any atom is -0.375 e. The van der Waals surface area contributed by atoms with Crippen molar-refractivity contribution in [1.82, 2.24) is 4.72 Å². The standard InChI is InChI=1S/C6H13NO4S/c1-11-12(9,10)7-6(8)4-2-3-5-6/h7-8H,2-5H2,1H3. The topological polar surface area (TPSA) is 75.6 Å². The average Bonchev–Trinajstić information content (AvgIpc) is 2.35. The highest BCUT2D eigenvalue weighted by atomic mass is 32.2. The fraction of sp³-hybridized carbons (Fsp3) is 1.00. The summed E-state index contributed by atoms with van der Waals surface area (Å²) in [4.78, 5) is 0. The Morgan fingerprint density at radius 2 is 1.92 bits per heavy atom. The van der Waals surface area contributed by atoms with Gasteiger partial charge in [0.15, 0.2) is 0 Å². The molecule has 0 bridgehead atoms. The summed E-state index contributed by atoms with van der Waals surface area (Å²) in [5.41, 5.74) is -1.28. The molecular formula is C6H13NO4S. The second-order valence-corrected chi connectivity index (χ2v) is 4.41. The first-order valence-electron chi connectivity index (χ1n) is 3.79. The van der Waals surface area contributed by atoms with Crippen LogP contribution in [0.25, 0.3) is 0 Å². The van der Waals surface area contributed by atoms with E-state index < -0.39 is 16.0 Å². The minimum atomic E-state index is -3.76. The van der Waals surface area contributed by atoms with E-state index in [1.807, 2.05) is 0 Å². The zero-order chi connectivity index (χ0) is 9.24. The summed E-state index contributed by atoms with van der Waals surface area (Å²) in [7, 11) is -2.71. The Morgan fingerprint density at radius 1 is 1.42 bits per heavy atom. The Kier molecular flexibility index (Phi) is 2.72. The molecule has 0 aromatic carbocycles.